The highest BCUT2D eigenvalue weighted by molar-refractivity contribution is 6.30. The Balaban J connectivity index is 1.58. The summed E-state index contributed by atoms with van der Waals surface area (Å²) in [6.45, 7) is 0. The van der Waals surface area contributed by atoms with Crippen LogP contribution in [0.15, 0.2) is 73.3 Å². The molecular formula is C20H14ClN5. The zero-order valence-corrected chi connectivity index (χ0v) is 14.4. The Hall–Kier alpha value is -3.31. The Bertz CT molecular complexity index is 1240. The van der Waals surface area contributed by atoms with Gasteiger partial charge in [-0.05, 0) is 36.4 Å². The van der Waals surface area contributed by atoms with E-state index in [1.165, 1.54) is 0 Å². The van der Waals surface area contributed by atoms with Crippen molar-refractivity contribution in [1.82, 2.24) is 19.4 Å². The Morgan fingerprint density at radius 3 is 2.92 bits per heavy atom. The van der Waals surface area contributed by atoms with E-state index in [0.717, 1.165) is 33.5 Å². The minimum absolute atomic E-state index is 0.699. The van der Waals surface area contributed by atoms with Crippen LogP contribution < -0.4 is 5.32 Å². The van der Waals surface area contributed by atoms with Gasteiger partial charge in [-0.3, -0.25) is 4.40 Å². The van der Waals surface area contributed by atoms with Gasteiger partial charge in [-0.1, -0.05) is 23.7 Å². The molecule has 0 saturated heterocycles. The van der Waals surface area contributed by atoms with Gasteiger partial charge in [0, 0.05) is 45.8 Å². The first kappa shape index (κ1) is 15.0. The predicted octanol–water partition coefficient (Wildman–Crippen LogP) is 5.27. The molecule has 0 amide bonds. The minimum Gasteiger partial charge on any atom is -0.361 e. The monoisotopic (exact) mass is 359 g/mol. The zero-order chi connectivity index (χ0) is 17.5. The number of hydrogen-bond donors (Lipinski definition) is 2. The number of anilines is 2. The van der Waals surface area contributed by atoms with Crippen LogP contribution in [0, 0.1) is 0 Å². The lowest BCUT2D eigenvalue weighted by atomic mass is 10.2. The molecule has 5 rings (SSSR count). The molecule has 0 saturated carbocycles. The smallest absolute Gasteiger partial charge is 0.180 e. The summed E-state index contributed by atoms with van der Waals surface area (Å²) in [5, 5.41) is 5.21. The van der Waals surface area contributed by atoms with E-state index < -0.39 is 0 Å². The topological polar surface area (TPSA) is 58.0 Å². The highest BCUT2D eigenvalue weighted by Crippen LogP contribution is 2.27. The molecule has 0 spiro atoms. The third-order valence-electron chi connectivity index (χ3n) is 4.36. The van der Waals surface area contributed by atoms with Gasteiger partial charge in [-0.15, -0.1) is 0 Å². The fourth-order valence-corrected chi connectivity index (χ4v) is 3.33. The second-order valence-electron chi connectivity index (χ2n) is 6.03. The van der Waals surface area contributed by atoms with Crippen molar-refractivity contribution in [1.29, 1.82) is 0 Å². The van der Waals surface area contributed by atoms with Crippen LogP contribution >= 0.6 is 11.6 Å². The average Bonchev–Trinajstić information content (AvgIpc) is 3.28. The number of aromatic amines is 1. The molecule has 2 aromatic carbocycles. The summed E-state index contributed by atoms with van der Waals surface area (Å²) in [6, 6.07) is 15.9. The lowest BCUT2D eigenvalue weighted by Gasteiger charge is -2.08. The number of nitrogens with one attached hydrogen (secondary N) is 2. The van der Waals surface area contributed by atoms with Gasteiger partial charge in [0.15, 0.2) is 11.5 Å². The summed E-state index contributed by atoms with van der Waals surface area (Å²) in [7, 11) is 0. The SMILES string of the molecule is Clc1cccc(-c2cnc3c(Nc4ccc5[nH]ccc5c4)nccn23)c1. The average molecular weight is 360 g/mol. The van der Waals surface area contributed by atoms with Crippen molar-refractivity contribution >= 4 is 39.7 Å². The maximum Gasteiger partial charge on any atom is 0.180 e. The number of rotatable bonds is 3. The first-order valence-electron chi connectivity index (χ1n) is 8.20. The van der Waals surface area contributed by atoms with Crippen molar-refractivity contribution in [3.63, 3.8) is 0 Å². The van der Waals surface area contributed by atoms with Gasteiger partial charge in [0.05, 0.1) is 11.9 Å². The molecule has 126 valence electrons. The molecule has 5 nitrogen and oxygen atoms in total. The van der Waals surface area contributed by atoms with E-state index in [2.05, 4.69) is 26.3 Å². The van der Waals surface area contributed by atoms with Crippen molar-refractivity contribution in [3.8, 4) is 11.3 Å². The molecular weight excluding hydrogens is 346 g/mol. The van der Waals surface area contributed by atoms with E-state index in [1.54, 1.807) is 6.20 Å². The number of imidazole rings is 1. The molecule has 2 N–H and O–H groups in total. The molecule has 0 aliphatic rings. The van der Waals surface area contributed by atoms with Crippen molar-refractivity contribution in [3.05, 3.63) is 78.3 Å². The van der Waals surface area contributed by atoms with Crippen LogP contribution in [0.5, 0.6) is 0 Å². The van der Waals surface area contributed by atoms with Crippen molar-refractivity contribution in [2.75, 3.05) is 5.32 Å². The lowest BCUT2D eigenvalue weighted by Crippen LogP contribution is -1.98. The van der Waals surface area contributed by atoms with E-state index in [-0.39, 0.29) is 0 Å². The van der Waals surface area contributed by atoms with E-state index in [1.807, 2.05) is 65.5 Å². The highest BCUT2D eigenvalue weighted by atomic mass is 35.5. The highest BCUT2D eigenvalue weighted by Gasteiger charge is 2.11. The van der Waals surface area contributed by atoms with Crippen molar-refractivity contribution < 1.29 is 0 Å². The maximum absolute atomic E-state index is 6.13. The standard InChI is InChI=1S/C20H14ClN5/c21-15-3-1-2-14(10-15)18-12-24-20-19(23-8-9-26(18)20)25-16-4-5-17-13(11-16)6-7-22-17/h1-12,22H,(H,23,25). The molecule has 0 atom stereocenters. The van der Waals surface area contributed by atoms with Gasteiger partial charge < -0.3 is 10.3 Å². The van der Waals surface area contributed by atoms with Crippen LogP contribution in [-0.2, 0) is 0 Å². The Labute approximate surface area is 154 Å². The number of aromatic nitrogens is 4. The first-order chi connectivity index (χ1) is 12.8. The van der Waals surface area contributed by atoms with Crippen LogP contribution in [0.4, 0.5) is 11.5 Å². The molecule has 0 bridgehead atoms. The van der Waals surface area contributed by atoms with Crippen molar-refractivity contribution in [2.45, 2.75) is 0 Å². The maximum atomic E-state index is 6.13. The predicted molar refractivity (Wildman–Crippen MR) is 105 cm³/mol. The van der Waals surface area contributed by atoms with Gasteiger partial charge in [0.1, 0.15) is 0 Å². The minimum atomic E-state index is 0.699. The quantitative estimate of drug-likeness (QED) is 0.461. The third-order valence-corrected chi connectivity index (χ3v) is 4.60. The lowest BCUT2D eigenvalue weighted by molar-refractivity contribution is 1.13. The zero-order valence-electron chi connectivity index (χ0n) is 13.6. The molecule has 0 aliphatic heterocycles. The van der Waals surface area contributed by atoms with Crippen LogP contribution in [0.25, 0.3) is 27.8 Å². The van der Waals surface area contributed by atoms with Crippen molar-refractivity contribution in [2.24, 2.45) is 0 Å². The van der Waals surface area contributed by atoms with Crippen LogP contribution in [0.2, 0.25) is 5.02 Å². The first-order valence-corrected chi connectivity index (χ1v) is 8.58. The summed E-state index contributed by atoms with van der Waals surface area (Å²) < 4.78 is 2.01. The third kappa shape index (κ3) is 2.50. The largest absolute Gasteiger partial charge is 0.361 e. The second-order valence-corrected chi connectivity index (χ2v) is 6.46. The van der Waals surface area contributed by atoms with Gasteiger partial charge in [0.2, 0.25) is 0 Å². The Morgan fingerprint density at radius 2 is 2.00 bits per heavy atom. The summed E-state index contributed by atoms with van der Waals surface area (Å²) >= 11 is 6.13. The van der Waals surface area contributed by atoms with Gasteiger partial charge in [0.25, 0.3) is 0 Å². The molecule has 0 fully saturated rings. The van der Waals surface area contributed by atoms with Gasteiger partial charge in [-0.2, -0.15) is 0 Å². The summed E-state index contributed by atoms with van der Waals surface area (Å²) in [6.07, 6.45) is 7.43. The van der Waals surface area contributed by atoms with E-state index in [4.69, 9.17) is 11.6 Å². The Kier molecular flexibility index (Phi) is 3.40. The second kappa shape index (κ2) is 5.89. The molecule has 3 aromatic heterocycles. The molecule has 3 heterocycles. The van der Waals surface area contributed by atoms with Gasteiger partial charge >= 0.3 is 0 Å². The van der Waals surface area contributed by atoms with E-state index in [0.29, 0.717) is 10.8 Å². The van der Waals surface area contributed by atoms with E-state index >= 15 is 0 Å². The molecule has 0 aliphatic carbocycles. The van der Waals surface area contributed by atoms with E-state index in [9.17, 15) is 0 Å². The fourth-order valence-electron chi connectivity index (χ4n) is 3.14. The molecule has 0 radical (unpaired) electrons. The fraction of sp³-hybridized carbons (Fsp3) is 0. The van der Waals surface area contributed by atoms with Gasteiger partial charge in [-0.25, -0.2) is 9.97 Å². The summed E-state index contributed by atoms with van der Waals surface area (Å²) in [4.78, 5) is 12.2. The summed E-state index contributed by atoms with van der Waals surface area (Å²) in [5.74, 6) is 0.704. The Morgan fingerprint density at radius 1 is 1.04 bits per heavy atom. The number of benzene rings is 2. The molecule has 5 aromatic rings. The normalized spacial score (nSPS) is 11.3. The molecule has 0 unspecified atom stereocenters. The molecule has 26 heavy (non-hydrogen) atoms. The van der Waals surface area contributed by atoms with Crippen LogP contribution in [0.3, 0.4) is 0 Å². The number of hydrogen-bond acceptors (Lipinski definition) is 3. The van der Waals surface area contributed by atoms with Crippen LogP contribution in [-0.4, -0.2) is 19.4 Å². The molecule has 6 heteroatoms. The van der Waals surface area contributed by atoms with Crippen LogP contribution in [0.1, 0.15) is 0 Å². The summed E-state index contributed by atoms with van der Waals surface area (Å²) in [5.41, 5.74) is 4.80. The number of H-pyrrole nitrogens is 1. The number of halogens is 1. The number of fused-ring (bicyclic) bond motifs is 2. The number of nitrogens with zero attached hydrogens (tertiary/aromatic N) is 3.